The van der Waals surface area contributed by atoms with Gasteiger partial charge >= 0.3 is 0 Å². The quantitative estimate of drug-likeness (QED) is 0.697. The van der Waals surface area contributed by atoms with Crippen LogP contribution in [0.2, 0.25) is 5.02 Å². The van der Waals surface area contributed by atoms with Gasteiger partial charge in [0.2, 0.25) is 0 Å². The number of piperidine rings is 1. The second-order valence-electron chi connectivity index (χ2n) is 9.48. The van der Waals surface area contributed by atoms with Crippen LogP contribution in [0.4, 0.5) is 0 Å². The molecule has 0 saturated carbocycles. The zero-order valence-electron chi connectivity index (χ0n) is 19.1. The Bertz CT molecular complexity index is 1110. The van der Waals surface area contributed by atoms with Crippen LogP contribution in [-0.2, 0) is 4.79 Å². The Labute approximate surface area is 199 Å². The van der Waals surface area contributed by atoms with Crippen LogP contribution in [0.5, 0.6) is 5.75 Å². The van der Waals surface area contributed by atoms with Crippen LogP contribution < -0.4 is 10.1 Å². The van der Waals surface area contributed by atoms with E-state index in [-0.39, 0.29) is 29.9 Å². The highest BCUT2D eigenvalue weighted by molar-refractivity contribution is 6.32. The molecule has 33 heavy (non-hydrogen) atoms. The fourth-order valence-corrected chi connectivity index (χ4v) is 5.14. The summed E-state index contributed by atoms with van der Waals surface area (Å²) in [7, 11) is 0. The maximum atomic E-state index is 13.2. The lowest BCUT2D eigenvalue weighted by atomic mass is 9.95. The number of hydrogen-bond acceptors (Lipinski definition) is 4. The monoisotopic (exact) mass is 465 g/mol. The minimum atomic E-state index is -1.09. The molecular formula is C26H28ClN3O3. The van der Waals surface area contributed by atoms with Gasteiger partial charge in [0.05, 0.1) is 16.7 Å². The molecule has 0 radical (unpaired) electrons. The van der Waals surface area contributed by atoms with Crippen molar-refractivity contribution < 1.29 is 14.3 Å². The summed E-state index contributed by atoms with van der Waals surface area (Å²) >= 11 is 6.28. The first-order valence-corrected chi connectivity index (χ1v) is 11.6. The zero-order chi connectivity index (χ0) is 23.8. The average molecular weight is 466 g/mol. The number of nitriles is 1. The van der Waals surface area contributed by atoms with Gasteiger partial charge in [-0.3, -0.25) is 9.59 Å². The molecule has 0 spiro atoms. The van der Waals surface area contributed by atoms with Gasteiger partial charge in [-0.05, 0) is 82.3 Å². The number of ether oxygens (including phenoxy) is 1. The summed E-state index contributed by atoms with van der Waals surface area (Å²) < 4.78 is 5.96. The van der Waals surface area contributed by atoms with E-state index in [9.17, 15) is 9.59 Å². The largest absolute Gasteiger partial charge is 0.476 e. The number of fused-ring (bicyclic) bond motifs is 2. The Balaban J connectivity index is 1.41. The molecule has 0 aliphatic carbocycles. The lowest BCUT2D eigenvalue weighted by molar-refractivity contribution is -0.135. The lowest BCUT2D eigenvalue weighted by Gasteiger charge is -2.40. The Kier molecular flexibility index (Phi) is 6.36. The minimum absolute atomic E-state index is 0.0270. The summed E-state index contributed by atoms with van der Waals surface area (Å²) in [5, 5.41) is 12.8. The van der Waals surface area contributed by atoms with Crippen molar-refractivity contribution >= 4 is 23.4 Å². The summed E-state index contributed by atoms with van der Waals surface area (Å²) in [6.07, 6.45) is 3.24. The lowest BCUT2D eigenvalue weighted by Crippen LogP contribution is -2.56. The van der Waals surface area contributed by atoms with E-state index in [1.54, 1.807) is 44.2 Å². The second-order valence-corrected chi connectivity index (χ2v) is 9.89. The van der Waals surface area contributed by atoms with Gasteiger partial charge in [-0.2, -0.15) is 5.26 Å². The number of rotatable bonds is 5. The molecule has 2 bridgehead atoms. The number of carbonyl (C=O) groups excluding carboxylic acids is 2. The fourth-order valence-electron chi connectivity index (χ4n) is 4.87. The van der Waals surface area contributed by atoms with E-state index >= 15 is 0 Å². The molecule has 2 saturated heterocycles. The molecule has 2 amide bonds. The van der Waals surface area contributed by atoms with Crippen LogP contribution >= 0.6 is 11.6 Å². The highest BCUT2D eigenvalue weighted by Gasteiger charge is 2.45. The molecule has 2 atom stereocenters. The Morgan fingerprint density at radius 1 is 1.15 bits per heavy atom. The van der Waals surface area contributed by atoms with Gasteiger partial charge in [0.15, 0.2) is 5.60 Å². The molecule has 172 valence electrons. The molecule has 7 heteroatoms. The van der Waals surface area contributed by atoms with Gasteiger partial charge in [-0.1, -0.05) is 23.7 Å². The smallest absolute Gasteiger partial charge is 0.263 e. The van der Waals surface area contributed by atoms with Crippen molar-refractivity contribution in [2.45, 2.75) is 70.2 Å². The van der Waals surface area contributed by atoms with E-state index in [1.165, 1.54) is 0 Å². The Morgan fingerprint density at radius 3 is 2.48 bits per heavy atom. The van der Waals surface area contributed by atoms with Gasteiger partial charge in [-0.15, -0.1) is 0 Å². The van der Waals surface area contributed by atoms with Crippen molar-refractivity contribution in [3.8, 4) is 11.8 Å². The van der Waals surface area contributed by atoms with Gasteiger partial charge in [0.25, 0.3) is 11.8 Å². The number of nitrogens with one attached hydrogen (secondary N) is 1. The van der Waals surface area contributed by atoms with Crippen LogP contribution in [-0.4, -0.2) is 40.4 Å². The van der Waals surface area contributed by atoms with Crippen molar-refractivity contribution in [2.75, 3.05) is 0 Å². The number of nitrogens with zero attached hydrogens (tertiary/aromatic N) is 2. The van der Waals surface area contributed by atoms with Gasteiger partial charge < -0.3 is 15.0 Å². The summed E-state index contributed by atoms with van der Waals surface area (Å²) in [5.41, 5.74) is 0.942. The molecule has 4 rings (SSSR count). The first-order valence-electron chi connectivity index (χ1n) is 11.3. The number of aryl methyl sites for hydroxylation is 1. The van der Waals surface area contributed by atoms with Crippen LogP contribution in [0.15, 0.2) is 42.5 Å². The van der Waals surface area contributed by atoms with E-state index in [1.807, 2.05) is 24.0 Å². The average Bonchev–Trinajstić information content (AvgIpc) is 3.05. The first-order chi connectivity index (χ1) is 15.7. The summed E-state index contributed by atoms with van der Waals surface area (Å²) in [4.78, 5) is 28.2. The Morgan fingerprint density at radius 2 is 1.85 bits per heavy atom. The zero-order valence-corrected chi connectivity index (χ0v) is 19.9. The molecular weight excluding hydrogens is 438 g/mol. The number of amides is 2. The summed E-state index contributed by atoms with van der Waals surface area (Å²) in [6.45, 7) is 5.40. The van der Waals surface area contributed by atoms with Crippen molar-refractivity contribution in [3.63, 3.8) is 0 Å². The van der Waals surface area contributed by atoms with Crippen LogP contribution in [0.3, 0.4) is 0 Å². The molecule has 2 fully saturated rings. The van der Waals surface area contributed by atoms with Crippen molar-refractivity contribution in [2.24, 2.45) is 0 Å². The SMILES string of the molecule is Cc1ccc(OC(C)(C)C(=O)NC2CC3CCC(C2)N3C(=O)c2cccc(C#N)c2)c(Cl)c1. The van der Waals surface area contributed by atoms with E-state index in [0.717, 1.165) is 18.4 Å². The van der Waals surface area contributed by atoms with E-state index in [2.05, 4.69) is 11.4 Å². The van der Waals surface area contributed by atoms with E-state index in [0.29, 0.717) is 34.7 Å². The van der Waals surface area contributed by atoms with Gasteiger partial charge in [0.1, 0.15) is 5.75 Å². The second kappa shape index (κ2) is 9.07. The fraction of sp³-hybridized carbons (Fsp3) is 0.423. The highest BCUT2D eigenvalue weighted by atomic mass is 35.5. The van der Waals surface area contributed by atoms with Crippen molar-refractivity contribution in [3.05, 3.63) is 64.2 Å². The number of hydrogen-bond donors (Lipinski definition) is 1. The van der Waals surface area contributed by atoms with Gasteiger partial charge in [0, 0.05) is 23.7 Å². The molecule has 2 heterocycles. The van der Waals surface area contributed by atoms with Crippen LogP contribution in [0, 0.1) is 18.3 Å². The standard InChI is InChI=1S/C26H28ClN3O3/c1-16-7-10-23(22(27)11-16)33-26(2,3)25(32)29-19-13-20-8-9-21(14-19)30(20)24(31)18-6-4-5-17(12-18)15-28/h4-7,10-12,19-21H,8-9,13-14H2,1-3H3,(H,29,32). The third kappa shape index (κ3) is 4.84. The van der Waals surface area contributed by atoms with Gasteiger partial charge in [-0.25, -0.2) is 0 Å². The molecule has 6 nitrogen and oxygen atoms in total. The molecule has 2 aromatic carbocycles. The molecule has 2 unspecified atom stereocenters. The number of carbonyl (C=O) groups is 2. The molecule has 1 N–H and O–H groups in total. The predicted molar refractivity (Wildman–Crippen MR) is 126 cm³/mol. The van der Waals surface area contributed by atoms with Crippen LogP contribution in [0.1, 0.15) is 61.0 Å². The topological polar surface area (TPSA) is 82.4 Å². The molecule has 2 aliphatic heterocycles. The number of benzene rings is 2. The van der Waals surface area contributed by atoms with Crippen molar-refractivity contribution in [1.29, 1.82) is 5.26 Å². The van der Waals surface area contributed by atoms with Crippen LogP contribution in [0.25, 0.3) is 0 Å². The molecule has 2 aromatic rings. The predicted octanol–water partition coefficient (Wildman–Crippen LogP) is 4.63. The Hall–Kier alpha value is -3.04. The first kappa shape index (κ1) is 23.1. The third-order valence-corrected chi connectivity index (χ3v) is 6.84. The van der Waals surface area contributed by atoms with E-state index < -0.39 is 5.60 Å². The normalized spacial score (nSPS) is 21.9. The maximum Gasteiger partial charge on any atom is 0.263 e. The third-order valence-electron chi connectivity index (χ3n) is 6.54. The summed E-state index contributed by atoms with van der Waals surface area (Å²) in [6, 6.07) is 14.5. The van der Waals surface area contributed by atoms with Crippen molar-refractivity contribution in [1.82, 2.24) is 10.2 Å². The minimum Gasteiger partial charge on any atom is -0.476 e. The molecule has 0 aromatic heterocycles. The highest BCUT2D eigenvalue weighted by Crippen LogP contribution is 2.37. The number of halogens is 1. The molecule has 2 aliphatic rings. The maximum absolute atomic E-state index is 13.2. The summed E-state index contributed by atoms with van der Waals surface area (Å²) in [5.74, 6) is 0.231. The van der Waals surface area contributed by atoms with E-state index in [4.69, 9.17) is 21.6 Å².